The predicted molar refractivity (Wildman–Crippen MR) is 127 cm³/mol. The number of nitrogen functional groups attached to an aromatic ring is 1. The van der Waals surface area contributed by atoms with Crippen molar-refractivity contribution in [2.45, 2.75) is 19.9 Å². The molecule has 5 aromatic rings. The van der Waals surface area contributed by atoms with Crippen molar-refractivity contribution in [1.82, 2.24) is 33.9 Å². The van der Waals surface area contributed by atoms with Crippen LogP contribution >= 0.6 is 0 Å². The molecule has 4 heterocycles. The summed E-state index contributed by atoms with van der Waals surface area (Å²) in [6, 6.07) is 12.1. The zero-order valence-electron chi connectivity index (χ0n) is 18.4. The Bertz CT molecular complexity index is 1670. The maximum Gasteiger partial charge on any atom is 0.339 e. The molecule has 0 bridgehead atoms. The lowest BCUT2D eigenvalue weighted by molar-refractivity contribution is 0.0941. The van der Waals surface area contributed by atoms with E-state index in [0.29, 0.717) is 28.4 Å². The van der Waals surface area contributed by atoms with E-state index in [-0.39, 0.29) is 17.1 Å². The van der Waals surface area contributed by atoms with Crippen molar-refractivity contribution in [2.24, 2.45) is 0 Å². The first-order valence-corrected chi connectivity index (χ1v) is 10.5. The van der Waals surface area contributed by atoms with Crippen LogP contribution in [0, 0.1) is 11.8 Å². The molecule has 5 rings (SSSR count). The van der Waals surface area contributed by atoms with Gasteiger partial charge in [-0.2, -0.15) is 0 Å². The average Bonchev–Trinajstić information content (AvgIpc) is 3.39. The minimum Gasteiger partial charge on any atom is -0.381 e. The molecule has 1 unspecified atom stereocenters. The van der Waals surface area contributed by atoms with Gasteiger partial charge in [-0.05, 0) is 38.0 Å². The molecule has 3 N–H and O–H groups in total. The molecule has 34 heavy (non-hydrogen) atoms. The first-order valence-electron chi connectivity index (χ1n) is 10.5. The van der Waals surface area contributed by atoms with Gasteiger partial charge in [0, 0.05) is 18.5 Å². The largest absolute Gasteiger partial charge is 0.381 e. The lowest BCUT2D eigenvalue weighted by Crippen LogP contribution is -2.34. The van der Waals surface area contributed by atoms with Crippen LogP contribution in [-0.2, 0) is 0 Å². The summed E-state index contributed by atoms with van der Waals surface area (Å²) < 4.78 is 4.44. The van der Waals surface area contributed by atoms with Crippen LogP contribution in [0.3, 0.4) is 0 Å². The van der Waals surface area contributed by atoms with Crippen LogP contribution in [0.15, 0.2) is 65.8 Å². The van der Waals surface area contributed by atoms with Gasteiger partial charge in [-0.15, -0.1) is 5.10 Å². The number of nitrogens with one attached hydrogen (secondary N) is 1. The second-order valence-corrected chi connectivity index (χ2v) is 7.58. The fourth-order valence-electron chi connectivity index (χ4n) is 3.91. The number of carbonyl (C=O) groups excluding carboxylic acids is 1. The summed E-state index contributed by atoms with van der Waals surface area (Å²) in [6.45, 7) is 3.48. The second kappa shape index (κ2) is 8.22. The summed E-state index contributed by atoms with van der Waals surface area (Å²) in [5.41, 5.74) is 8.29. The highest BCUT2D eigenvalue weighted by atomic mass is 16.2. The number of rotatable bonds is 4. The Labute approximate surface area is 193 Å². The van der Waals surface area contributed by atoms with Crippen LogP contribution in [0.4, 0.5) is 5.82 Å². The Kier molecular flexibility index (Phi) is 5.07. The lowest BCUT2D eigenvalue weighted by Gasteiger charge is -2.20. The summed E-state index contributed by atoms with van der Waals surface area (Å²) in [6.07, 6.45) is 4.78. The maximum absolute atomic E-state index is 13.6. The minimum atomic E-state index is -0.583. The summed E-state index contributed by atoms with van der Waals surface area (Å²) in [7, 11) is 0. The number of anilines is 1. The van der Waals surface area contributed by atoms with E-state index in [2.05, 4.69) is 32.2 Å². The summed E-state index contributed by atoms with van der Waals surface area (Å²) >= 11 is 0. The lowest BCUT2D eigenvalue weighted by atomic mass is 10.1. The molecule has 4 aromatic heterocycles. The molecule has 1 atom stereocenters. The first-order chi connectivity index (χ1) is 16.5. The molecule has 0 fully saturated rings. The monoisotopic (exact) mass is 452 g/mol. The number of carbonyl (C=O) groups is 1. The number of benzene rings is 1. The van der Waals surface area contributed by atoms with Gasteiger partial charge in [-0.3, -0.25) is 9.36 Å². The van der Waals surface area contributed by atoms with E-state index in [9.17, 15) is 9.59 Å². The van der Waals surface area contributed by atoms with Crippen molar-refractivity contribution in [1.29, 1.82) is 0 Å². The van der Waals surface area contributed by atoms with E-state index in [4.69, 9.17) is 5.73 Å². The Morgan fingerprint density at radius 2 is 1.97 bits per heavy atom. The van der Waals surface area contributed by atoms with Gasteiger partial charge in [0.2, 0.25) is 0 Å². The third kappa shape index (κ3) is 3.36. The summed E-state index contributed by atoms with van der Waals surface area (Å²) in [5.74, 6) is 5.33. The number of hydrogen-bond acceptors (Lipinski definition) is 6. The molecule has 0 saturated heterocycles. The summed E-state index contributed by atoms with van der Waals surface area (Å²) in [4.78, 5) is 35.4. The van der Waals surface area contributed by atoms with Gasteiger partial charge in [0.1, 0.15) is 16.9 Å². The van der Waals surface area contributed by atoms with Crippen LogP contribution in [0.1, 0.15) is 41.6 Å². The highest BCUT2D eigenvalue weighted by Gasteiger charge is 2.24. The van der Waals surface area contributed by atoms with Crippen LogP contribution in [0.25, 0.3) is 17.0 Å². The van der Waals surface area contributed by atoms with Gasteiger partial charge in [0.25, 0.3) is 5.91 Å². The van der Waals surface area contributed by atoms with Crippen LogP contribution in [0.5, 0.6) is 0 Å². The highest BCUT2D eigenvalue weighted by Crippen LogP contribution is 2.21. The Balaban J connectivity index is 1.64. The number of para-hydroxylation sites is 1. The highest BCUT2D eigenvalue weighted by molar-refractivity contribution is 6.04. The molecule has 10 nitrogen and oxygen atoms in total. The van der Waals surface area contributed by atoms with Crippen molar-refractivity contribution in [2.75, 3.05) is 5.73 Å². The molecule has 10 heteroatoms. The smallest absolute Gasteiger partial charge is 0.339 e. The van der Waals surface area contributed by atoms with Gasteiger partial charge in [-0.1, -0.05) is 24.1 Å². The molecule has 168 valence electrons. The normalized spacial score (nSPS) is 11.8. The van der Waals surface area contributed by atoms with Crippen LogP contribution < -0.4 is 16.7 Å². The number of fused-ring (bicyclic) bond motifs is 2. The first kappa shape index (κ1) is 21.0. The molecule has 1 amide bonds. The molecule has 1 aromatic carbocycles. The van der Waals surface area contributed by atoms with E-state index in [1.165, 1.54) is 13.5 Å². The number of nitrogens with two attached hydrogens (primary N) is 1. The average molecular weight is 452 g/mol. The Hall–Kier alpha value is -4.91. The van der Waals surface area contributed by atoms with Crippen molar-refractivity contribution < 1.29 is 4.79 Å². The predicted octanol–water partition coefficient (Wildman–Crippen LogP) is 1.97. The summed E-state index contributed by atoms with van der Waals surface area (Å²) in [5, 5.41) is 7.07. The van der Waals surface area contributed by atoms with E-state index < -0.39 is 11.9 Å². The van der Waals surface area contributed by atoms with Crippen molar-refractivity contribution in [3.05, 3.63) is 88.5 Å². The molecule has 0 spiro atoms. The molecule has 0 aliphatic rings. The van der Waals surface area contributed by atoms with Crippen LogP contribution in [-0.4, -0.2) is 34.5 Å². The van der Waals surface area contributed by atoms with Gasteiger partial charge < -0.3 is 11.1 Å². The Morgan fingerprint density at radius 3 is 2.74 bits per heavy atom. The SMILES string of the molecule is CC#Cc1cnc2cc(C(C)NC(=O)c3c(N)nn4cccnc34)n(-c3ccccc3)c(=O)n12. The molecule has 0 radical (unpaired) electrons. The quantitative estimate of drug-likeness (QED) is 0.402. The van der Waals surface area contributed by atoms with Crippen molar-refractivity contribution in [3.63, 3.8) is 0 Å². The number of aromatic nitrogens is 6. The maximum atomic E-state index is 13.6. The zero-order valence-corrected chi connectivity index (χ0v) is 18.4. The van der Waals surface area contributed by atoms with Crippen LogP contribution in [0.2, 0.25) is 0 Å². The number of imidazole rings is 1. The second-order valence-electron chi connectivity index (χ2n) is 7.58. The van der Waals surface area contributed by atoms with E-state index >= 15 is 0 Å². The molecule has 0 aliphatic carbocycles. The third-order valence-corrected chi connectivity index (χ3v) is 5.42. The van der Waals surface area contributed by atoms with Crippen molar-refractivity contribution >= 4 is 23.0 Å². The molecular weight excluding hydrogens is 432 g/mol. The number of nitrogens with zero attached hydrogens (tertiary/aromatic N) is 6. The molecular formula is C24H20N8O2. The van der Waals surface area contributed by atoms with Gasteiger partial charge in [0.05, 0.1) is 23.6 Å². The topological polar surface area (TPSA) is 125 Å². The fourth-order valence-corrected chi connectivity index (χ4v) is 3.91. The van der Waals surface area contributed by atoms with E-state index in [0.717, 1.165) is 0 Å². The van der Waals surface area contributed by atoms with Crippen molar-refractivity contribution in [3.8, 4) is 17.5 Å². The Morgan fingerprint density at radius 1 is 1.18 bits per heavy atom. The fraction of sp³-hybridized carbons (Fsp3) is 0.125. The van der Waals surface area contributed by atoms with E-state index in [1.807, 2.05) is 30.3 Å². The number of amides is 1. The molecule has 0 saturated carbocycles. The van der Waals surface area contributed by atoms with E-state index in [1.54, 1.807) is 44.6 Å². The van der Waals surface area contributed by atoms with Gasteiger partial charge in [0.15, 0.2) is 11.5 Å². The number of hydrogen-bond donors (Lipinski definition) is 2. The molecule has 0 aliphatic heterocycles. The van der Waals surface area contributed by atoms with Gasteiger partial charge in [-0.25, -0.2) is 23.7 Å². The third-order valence-electron chi connectivity index (χ3n) is 5.42. The minimum absolute atomic E-state index is 0.0651. The zero-order chi connectivity index (χ0) is 23.8. The van der Waals surface area contributed by atoms with Gasteiger partial charge >= 0.3 is 5.69 Å². The standard InChI is InChI=1S/C24H20N8O2/c1-3-8-17-14-27-19-13-18(31(24(34)32(17)19)16-9-5-4-6-10-16)15(2)28-23(33)20-21(25)29-30-12-7-11-26-22(20)30/h4-7,9-15H,1-2H3,(H2,25,29)(H,28,33).